The fourth-order valence-corrected chi connectivity index (χ4v) is 2.29. The van der Waals surface area contributed by atoms with Gasteiger partial charge in [0.2, 0.25) is 0 Å². The van der Waals surface area contributed by atoms with Gasteiger partial charge in [0.25, 0.3) is 0 Å². The van der Waals surface area contributed by atoms with Gasteiger partial charge in [-0.1, -0.05) is 19.9 Å². The first kappa shape index (κ1) is 15.5. The lowest BCUT2D eigenvalue weighted by Gasteiger charge is -2.29. The highest BCUT2D eigenvalue weighted by atomic mass is 16.5. The topological polar surface area (TPSA) is 61.6 Å². The second-order valence-corrected chi connectivity index (χ2v) is 4.56. The summed E-state index contributed by atoms with van der Waals surface area (Å²) in [4.78, 5) is 12.9. The summed E-state index contributed by atoms with van der Waals surface area (Å²) >= 11 is 0. The van der Waals surface area contributed by atoms with E-state index in [2.05, 4.69) is 0 Å². The number of rotatable bonds is 7. The van der Waals surface area contributed by atoms with Crippen molar-refractivity contribution in [2.75, 3.05) is 20.8 Å². The lowest BCUT2D eigenvalue weighted by Crippen LogP contribution is -2.38. The van der Waals surface area contributed by atoms with Crippen molar-refractivity contribution in [3.63, 3.8) is 0 Å². The van der Waals surface area contributed by atoms with Gasteiger partial charge in [-0.3, -0.25) is 4.79 Å². The number of hydrogen-bond acceptors (Lipinski definition) is 4. The number of carbonyl (C=O) groups is 1. The van der Waals surface area contributed by atoms with Crippen LogP contribution in [0.2, 0.25) is 0 Å². The Morgan fingerprint density at radius 2 is 1.63 bits per heavy atom. The van der Waals surface area contributed by atoms with Crippen LogP contribution < -0.4 is 15.2 Å². The summed E-state index contributed by atoms with van der Waals surface area (Å²) in [6.07, 6.45) is 1.39. The molecule has 1 rings (SSSR count). The summed E-state index contributed by atoms with van der Waals surface area (Å²) in [7, 11) is 3.10. The number of carbonyl (C=O) groups excluding carboxylic acids is 1. The van der Waals surface area contributed by atoms with E-state index in [1.165, 1.54) is 0 Å². The van der Waals surface area contributed by atoms with Crippen LogP contribution in [0.3, 0.4) is 0 Å². The van der Waals surface area contributed by atoms with E-state index in [1.54, 1.807) is 32.4 Å². The highest BCUT2D eigenvalue weighted by Crippen LogP contribution is 2.37. The van der Waals surface area contributed by atoms with E-state index in [1.807, 2.05) is 13.8 Å². The first-order valence-electron chi connectivity index (χ1n) is 6.56. The lowest BCUT2D eigenvalue weighted by molar-refractivity contribution is 0.0780. The van der Waals surface area contributed by atoms with Gasteiger partial charge in [-0.05, 0) is 25.0 Å². The van der Waals surface area contributed by atoms with Crippen LogP contribution in [-0.4, -0.2) is 26.5 Å². The summed E-state index contributed by atoms with van der Waals surface area (Å²) < 4.78 is 10.6. The van der Waals surface area contributed by atoms with Gasteiger partial charge in [0.15, 0.2) is 5.78 Å². The van der Waals surface area contributed by atoms with Crippen LogP contribution in [0.25, 0.3) is 0 Å². The van der Waals surface area contributed by atoms with Crippen LogP contribution in [0.1, 0.15) is 37.0 Å². The van der Waals surface area contributed by atoms with E-state index in [-0.39, 0.29) is 5.78 Å². The highest BCUT2D eigenvalue weighted by molar-refractivity contribution is 6.05. The predicted octanol–water partition coefficient (Wildman–Crippen LogP) is 2.65. The molecule has 0 spiro atoms. The molecular formula is C15H23NO3. The molecule has 0 bridgehead atoms. The molecule has 0 aliphatic rings. The maximum Gasteiger partial charge on any atom is 0.177 e. The third-order valence-electron chi connectivity index (χ3n) is 3.88. The molecule has 0 aromatic heterocycles. The summed E-state index contributed by atoms with van der Waals surface area (Å²) in [5.41, 5.74) is 5.78. The van der Waals surface area contributed by atoms with E-state index >= 15 is 0 Å². The maximum absolute atomic E-state index is 12.9. The number of hydrogen-bond donors (Lipinski definition) is 1. The van der Waals surface area contributed by atoms with Gasteiger partial charge in [0.05, 0.1) is 14.2 Å². The Bertz CT molecular complexity index is 409. The van der Waals surface area contributed by atoms with Gasteiger partial charge in [-0.2, -0.15) is 0 Å². The lowest BCUT2D eigenvalue weighted by atomic mass is 9.75. The fourth-order valence-electron chi connectivity index (χ4n) is 2.29. The van der Waals surface area contributed by atoms with Crippen LogP contribution in [0, 0.1) is 5.41 Å². The molecule has 4 heteroatoms. The fraction of sp³-hybridized carbons (Fsp3) is 0.533. The zero-order valence-electron chi connectivity index (χ0n) is 12.2. The minimum absolute atomic E-state index is 0.00528. The van der Waals surface area contributed by atoms with Crippen molar-refractivity contribution in [2.24, 2.45) is 11.1 Å². The van der Waals surface area contributed by atoms with Gasteiger partial charge in [-0.25, -0.2) is 0 Å². The molecule has 0 fully saturated rings. The average Bonchev–Trinajstić information content (AvgIpc) is 2.48. The van der Waals surface area contributed by atoms with E-state index in [9.17, 15) is 4.79 Å². The van der Waals surface area contributed by atoms with Crippen molar-refractivity contribution in [1.82, 2.24) is 0 Å². The molecule has 0 saturated carbocycles. The number of ketones is 1. The first-order chi connectivity index (χ1) is 9.10. The van der Waals surface area contributed by atoms with Gasteiger partial charge < -0.3 is 15.2 Å². The number of Topliss-reactive ketones (excluding diaryl/α,β-unsaturated/α-hetero) is 1. The molecule has 0 aliphatic heterocycles. The zero-order valence-corrected chi connectivity index (χ0v) is 12.2. The van der Waals surface area contributed by atoms with Crippen LogP contribution in [0.4, 0.5) is 0 Å². The minimum atomic E-state index is -0.554. The van der Waals surface area contributed by atoms with Crippen molar-refractivity contribution in [3.05, 3.63) is 23.8 Å². The molecule has 0 radical (unpaired) electrons. The Morgan fingerprint density at radius 1 is 1.16 bits per heavy atom. The highest BCUT2D eigenvalue weighted by Gasteiger charge is 2.37. The summed E-state index contributed by atoms with van der Waals surface area (Å²) in [5, 5.41) is 0. The second kappa shape index (κ2) is 6.57. The summed E-state index contributed by atoms with van der Waals surface area (Å²) in [6, 6.07) is 5.33. The standard InChI is InChI=1S/C15H23NO3/c1-5-15(6-2,10-16)14(17)13-11(18-3)8-7-9-12(13)19-4/h7-9H,5-6,10,16H2,1-4H3. The summed E-state index contributed by atoms with van der Waals surface area (Å²) in [6.45, 7) is 4.28. The number of benzene rings is 1. The Hall–Kier alpha value is -1.55. The monoisotopic (exact) mass is 265 g/mol. The Morgan fingerprint density at radius 3 is 1.95 bits per heavy atom. The molecule has 0 amide bonds. The van der Waals surface area contributed by atoms with E-state index in [4.69, 9.17) is 15.2 Å². The summed E-state index contributed by atoms with van der Waals surface area (Å²) in [5.74, 6) is 1.06. The predicted molar refractivity (Wildman–Crippen MR) is 75.9 cm³/mol. The number of methoxy groups -OCH3 is 2. The van der Waals surface area contributed by atoms with Crippen LogP contribution in [-0.2, 0) is 0 Å². The molecule has 0 heterocycles. The SMILES string of the molecule is CCC(CC)(CN)C(=O)c1c(OC)cccc1OC. The number of nitrogens with two attached hydrogens (primary N) is 1. The number of ether oxygens (including phenoxy) is 2. The quantitative estimate of drug-likeness (QED) is 0.770. The van der Waals surface area contributed by atoms with Gasteiger partial charge >= 0.3 is 0 Å². The van der Waals surface area contributed by atoms with Crippen LogP contribution >= 0.6 is 0 Å². The van der Waals surface area contributed by atoms with E-state index in [0.29, 0.717) is 36.4 Å². The normalized spacial score (nSPS) is 11.2. The van der Waals surface area contributed by atoms with Gasteiger partial charge in [-0.15, -0.1) is 0 Å². The maximum atomic E-state index is 12.9. The van der Waals surface area contributed by atoms with Crippen molar-refractivity contribution >= 4 is 5.78 Å². The zero-order chi connectivity index (χ0) is 14.5. The molecule has 0 saturated heterocycles. The molecule has 1 aromatic rings. The van der Waals surface area contributed by atoms with Crippen molar-refractivity contribution in [1.29, 1.82) is 0 Å². The molecular weight excluding hydrogens is 242 g/mol. The molecule has 19 heavy (non-hydrogen) atoms. The Balaban J connectivity index is 3.39. The van der Waals surface area contributed by atoms with Gasteiger partial charge in [0, 0.05) is 12.0 Å². The molecule has 106 valence electrons. The molecule has 0 unspecified atom stereocenters. The largest absolute Gasteiger partial charge is 0.496 e. The van der Waals surface area contributed by atoms with Crippen molar-refractivity contribution in [3.8, 4) is 11.5 Å². The smallest absolute Gasteiger partial charge is 0.177 e. The third-order valence-corrected chi connectivity index (χ3v) is 3.88. The molecule has 4 nitrogen and oxygen atoms in total. The van der Waals surface area contributed by atoms with E-state index in [0.717, 1.165) is 0 Å². The molecule has 0 atom stereocenters. The minimum Gasteiger partial charge on any atom is -0.496 e. The second-order valence-electron chi connectivity index (χ2n) is 4.56. The Kier molecular flexibility index (Phi) is 5.36. The Labute approximate surface area is 114 Å². The average molecular weight is 265 g/mol. The third kappa shape index (κ3) is 2.73. The first-order valence-corrected chi connectivity index (χ1v) is 6.56. The molecule has 2 N–H and O–H groups in total. The van der Waals surface area contributed by atoms with Crippen molar-refractivity contribution in [2.45, 2.75) is 26.7 Å². The molecule has 1 aromatic carbocycles. The van der Waals surface area contributed by atoms with E-state index < -0.39 is 5.41 Å². The van der Waals surface area contributed by atoms with Crippen molar-refractivity contribution < 1.29 is 14.3 Å². The van der Waals surface area contributed by atoms with Crippen LogP contribution in [0.5, 0.6) is 11.5 Å². The van der Waals surface area contributed by atoms with Crippen LogP contribution in [0.15, 0.2) is 18.2 Å². The van der Waals surface area contributed by atoms with Gasteiger partial charge in [0.1, 0.15) is 17.1 Å². The molecule has 0 aliphatic carbocycles.